The third kappa shape index (κ3) is 4.37. The van der Waals surface area contributed by atoms with E-state index in [9.17, 15) is 13.2 Å². The Labute approximate surface area is 147 Å². The smallest absolute Gasteiger partial charge is 0.256 e. The molecule has 2 aromatic carbocycles. The van der Waals surface area contributed by atoms with Crippen LogP contribution < -0.4 is 4.72 Å². The van der Waals surface area contributed by atoms with E-state index in [1.165, 1.54) is 0 Å². The Kier molecular flexibility index (Phi) is 5.06. The quantitative estimate of drug-likeness (QED) is 0.908. The van der Waals surface area contributed by atoms with Gasteiger partial charge in [-0.25, -0.2) is 8.42 Å². The molecule has 0 aliphatic carbocycles. The third-order valence-electron chi connectivity index (χ3n) is 3.98. The molecule has 3 rings (SSSR count). The minimum atomic E-state index is -3.46. The second-order valence-corrected chi connectivity index (χ2v) is 7.69. The lowest BCUT2D eigenvalue weighted by Gasteiger charge is -2.33. The van der Waals surface area contributed by atoms with Crippen molar-refractivity contribution >= 4 is 21.6 Å². The minimum absolute atomic E-state index is 0.186. The molecule has 0 spiro atoms. The maximum Gasteiger partial charge on any atom is 0.256 e. The molecule has 25 heavy (non-hydrogen) atoms. The monoisotopic (exact) mass is 360 g/mol. The fourth-order valence-electron chi connectivity index (χ4n) is 2.83. The molecule has 1 unspecified atom stereocenters. The van der Waals surface area contributed by atoms with E-state index in [-0.39, 0.29) is 17.7 Å². The molecule has 2 aromatic rings. The predicted octanol–water partition coefficient (Wildman–Crippen LogP) is 2.27. The van der Waals surface area contributed by atoms with Crippen molar-refractivity contribution in [3.05, 3.63) is 65.7 Å². The van der Waals surface area contributed by atoms with Crippen LogP contribution in [0.1, 0.15) is 22.0 Å². The summed E-state index contributed by atoms with van der Waals surface area (Å²) in [6.07, 6.45) is 0.878. The number of ether oxygens (including phenoxy) is 1. The van der Waals surface area contributed by atoms with Crippen molar-refractivity contribution in [3.63, 3.8) is 0 Å². The molecule has 1 N–H and O–H groups in total. The zero-order valence-corrected chi connectivity index (χ0v) is 14.7. The van der Waals surface area contributed by atoms with Crippen LogP contribution >= 0.6 is 0 Å². The normalized spacial score (nSPS) is 18.0. The van der Waals surface area contributed by atoms with Crippen LogP contribution in [0.5, 0.6) is 0 Å². The number of benzene rings is 2. The SMILES string of the molecule is CS(=O)(=O)Nc1ccccc1C(=O)N1CCOC(c2ccccc2)C1. The third-order valence-corrected chi connectivity index (χ3v) is 4.57. The van der Waals surface area contributed by atoms with Crippen molar-refractivity contribution in [2.45, 2.75) is 6.10 Å². The average Bonchev–Trinajstić information content (AvgIpc) is 2.61. The summed E-state index contributed by atoms with van der Waals surface area (Å²) < 4.78 is 31.3. The van der Waals surface area contributed by atoms with Gasteiger partial charge in [0.2, 0.25) is 10.0 Å². The van der Waals surface area contributed by atoms with Gasteiger partial charge in [-0.3, -0.25) is 9.52 Å². The molecular weight excluding hydrogens is 340 g/mol. The van der Waals surface area contributed by atoms with Crippen LogP contribution in [0.2, 0.25) is 0 Å². The van der Waals surface area contributed by atoms with Crippen LogP contribution in [-0.2, 0) is 14.8 Å². The Morgan fingerprint density at radius 1 is 1.12 bits per heavy atom. The van der Waals surface area contributed by atoms with Gasteiger partial charge in [-0.1, -0.05) is 42.5 Å². The van der Waals surface area contributed by atoms with E-state index >= 15 is 0 Å². The number of sulfonamides is 1. The topological polar surface area (TPSA) is 75.7 Å². The number of carbonyl (C=O) groups excluding carboxylic acids is 1. The minimum Gasteiger partial charge on any atom is -0.370 e. The molecule has 1 amide bonds. The lowest BCUT2D eigenvalue weighted by atomic mass is 10.1. The molecule has 1 heterocycles. The highest BCUT2D eigenvalue weighted by Gasteiger charge is 2.27. The highest BCUT2D eigenvalue weighted by Crippen LogP contribution is 2.25. The number of hydrogen-bond donors (Lipinski definition) is 1. The van der Waals surface area contributed by atoms with Gasteiger partial charge in [-0.05, 0) is 17.7 Å². The standard InChI is InChI=1S/C18H20N2O4S/c1-25(22,23)19-16-10-6-5-9-15(16)18(21)20-11-12-24-17(13-20)14-7-3-2-4-8-14/h2-10,17,19H,11-13H2,1H3. The Hall–Kier alpha value is -2.38. The van der Waals surface area contributed by atoms with E-state index < -0.39 is 10.0 Å². The number of rotatable bonds is 4. The van der Waals surface area contributed by atoms with Crippen molar-refractivity contribution in [2.24, 2.45) is 0 Å². The fourth-order valence-corrected chi connectivity index (χ4v) is 3.41. The molecule has 0 saturated carbocycles. The van der Waals surface area contributed by atoms with Gasteiger partial charge in [0, 0.05) is 6.54 Å². The summed E-state index contributed by atoms with van der Waals surface area (Å²) in [5.74, 6) is -0.212. The van der Waals surface area contributed by atoms with Gasteiger partial charge in [0.15, 0.2) is 0 Å². The number of para-hydroxylation sites is 1. The molecule has 1 saturated heterocycles. The van der Waals surface area contributed by atoms with E-state index in [0.29, 0.717) is 25.3 Å². The first-order valence-corrected chi connectivity index (χ1v) is 9.86. The number of amides is 1. The van der Waals surface area contributed by atoms with Crippen LogP contribution in [0.3, 0.4) is 0 Å². The van der Waals surface area contributed by atoms with Crippen molar-refractivity contribution in [3.8, 4) is 0 Å². The molecule has 1 fully saturated rings. The summed E-state index contributed by atoms with van der Waals surface area (Å²) in [7, 11) is -3.46. The van der Waals surface area contributed by atoms with Gasteiger partial charge in [0.05, 0.1) is 30.7 Å². The predicted molar refractivity (Wildman–Crippen MR) is 95.9 cm³/mol. The van der Waals surface area contributed by atoms with Crippen LogP contribution in [0, 0.1) is 0 Å². The second-order valence-electron chi connectivity index (χ2n) is 5.94. The van der Waals surface area contributed by atoms with Gasteiger partial charge >= 0.3 is 0 Å². The maximum absolute atomic E-state index is 12.9. The number of hydrogen-bond acceptors (Lipinski definition) is 4. The number of anilines is 1. The number of nitrogens with one attached hydrogen (secondary N) is 1. The zero-order valence-electron chi connectivity index (χ0n) is 13.9. The van der Waals surface area contributed by atoms with Gasteiger partial charge in [-0.15, -0.1) is 0 Å². The molecule has 6 nitrogen and oxygen atoms in total. The van der Waals surface area contributed by atoms with Gasteiger partial charge in [0.25, 0.3) is 5.91 Å². The average molecular weight is 360 g/mol. The number of nitrogens with zero attached hydrogens (tertiary/aromatic N) is 1. The fraction of sp³-hybridized carbons (Fsp3) is 0.278. The van der Waals surface area contributed by atoms with Gasteiger partial charge in [-0.2, -0.15) is 0 Å². The van der Waals surface area contributed by atoms with Gasteiger partial charge < -0.3 is 9.64 Å². The molecule has 0 radical (unpaired) electrons. The molecule has 0 aromatic heterocycles. The highest BCUT2D eigenvalue weighted by molar-refractivity contribution is 7.92. The summed E-state index contributed by atoms with van der Waals surface area (Å²) >= 11 is 0. The Balaban J connectivity index is 1.81. The summed E-state index contributed by atoms with van der Waals surface area (Å²) in [4.78, 5) is 14.6. The van der Waals surface area contributed by atoms with Crippen LogP contribution in [0.15, 0.2) is 54.6 Å². The molecule has 1 aliphatic rings. The van der Waals surface area contributed by atoms with E-state index in [2.05, 4.69) is 4.72 Å². The van der Waals surface area contributed by atoms with Crippen molar-refractivity contribution in [1.29, 1.82) is 0 Å². The van der Waals surface area contributed by atoms with E-state index in [1.54, 1.807) is 29.2 Å². The lowest BCUT2D eigenvalue weighted by molar-refractivity contribution is -0.0227. The lowest BCUT2D eigenvalue weighted by Crippen LogP contribution is -2.42. The second kappa shape index (κ2) is 7.25. The molecule has 132 valence electrons. The first-order valence-electron chi connectivity index (χ1n) is 7.97. The summed E-state index contributed by atoms with van der Waals surface area (Å²) in [6, 6.07) is 16.4. The van der Waals surface area contributed by atoms with Crippen molar-refractivity contribution in [1.82, 2.24) is 4.90 Å². The van der Waals surface area contributed by atoms with E-state index in [1.807, 2.05) is 30.3 Å². The van der Waals surface area contributed by atoms with E-state index in [0.717, 1.165) is 11.8 Å². The highest BCUT2D eigenvalue weighted by atomic mass is 32.2. The Bertz CT molecular complexity index is 852. The van der Waals surface area contributed by atoms with E-state index in [4.69, 9.17) is 4.74 Å². The molecular formula is C18H20N2O4S. The maximum atomic E-state index is 12.9. The largest absolute Gasteiger partial charge is 0.370 e. The summed E-state index contributed by atoms with van der Waals surface area (Å²) in [5, 5.41) is 0. The number of morpholine rings is 1. The van der Waals surface area contributed by atoms with Crippen LogP contribution in [0.4, 0.5) is 5.69 Å². The molecule has 1 aliphatic heterocycles. The summed E-state index contributed by atoms with van der Waals surface area (Å²) in [6.45, 7) is 1.33. The van der Waals surface area contributed by atoms with Crippen molar-refractivity contribution < 1.29 is 17.9 Å². The molecule has 0 bridgehead atoms. The van der Waals surface area contributed by atoms with Crippen LogP contribution in [0.25, 0.3) is 0 Å². The van der Waals surface area contributed by atoms with Crippen molar-refractivity contribution in [2.75, 3.05) is 30.7 Å². The first kappa shape index (κ1) is 17.4. The Morgan fingerprint density at radius 2 is 1.80 bits per heavy atom. The Morgan fingerprint density at radius 3 is 2.52 bits per heavy atom. The number of carbonyl (C=O) groups is 1. The molecule has 1 atom stereocenters. The zero-order chi connectivity index (χ0) is 17.9. The van der Waals surface area contributed by atoms with Crippen LogP contribution in [-0.4, -0.2) is 45.2 Å². The summed E-state index contributed by atoms with van der Waals surface area (Å²) in [5.41, 5.74) is 1.64. The van der Waals surface area contributed by atoms with Gasteiger partial charge in [0.1, 0.15) is 6.10 Å². The first-order chi connectivity index (χ1) is 11.9. The molecule has 7 heteroatoms.